The molecule has 1 aromatic rings. The van der Waals surface area contributed by atoms with Gasteiger partial charge >= 0.3 is 0 Å². The van der Waals surface area contributed by atoms with E-state index in [0.29, 0.717) is 39.4 Å². The van der Waals surface area contributed by atoms with Crippen LogP contribution in [0, 0.1) is 0 Å². The third-order valence-corrected chi connectivity index (χ3v) is 4.40. The molecule has 2 heterocycles. The van der Waals surface area contributed by atoms with Gasteiger partial charge < -0.3 is 30.7 Å². The second-order valence-electron chi connectivity index (χ2n) is 6.38. The van der Waals surface area contributed by atoms with E-state index in [1.165, 1.54) is 0 Å². The van der Waals surface area contributed by atoms with E-state index in [0.717, 1.165) is 24.2 Å². The summed E-state index contributed by atoms with van der Waals surface area (Å²) < 4.78 is 10.8. The summed E-state index contributed by atoms with van der Waals surface area (Å²) in [5.74, 6) is -0.204. The van der Waals surface area contributed by atoms with Crippen molar-refractivity contribution in [3.8, 4) is 0 Å². The van der Waals surface area contributed by atoms with Crippen molar-refractivity contribution >= 4 is 11.8 Å². The summed E-state index contributed by atoms with van der Waals surface area (Å²) in [5, 5.41) is 12.0. The van der Waals surface area contributed by atoms with Crippen molar-refractivity contribution in [2.45, 2.75) is 25.3 Å². The van der Waals surface area contributed by atoms with E-state index >= 15 is 0 Å². The first-order valence-electron chi connectivity index (χ1n) is 9.00. The van der Waals surface area contributed by atoms with Crippen molar-refractivity contribution < 1.29 is 19.1 Å². The number of amides is 2. The number of nitrogens with one attached hydrogen (secondary N) is 4. The van der Waals surface area contributed by atoms with E-state index in [9.17, 15) is 9.59 Å². The quantitative estimate of drug-likeness (QED) is 0.512. The lowest BCUT2D eigenvalue weighted by atomic mass is 10.1. The van der Waals surface area contributed by atoms with Crippen molar-refractivity contribution in [2.24, 2.45) is 0 Å². The van der Waals surface area contributed by atoms with Crippen molar-refractivity contribution in [1.82, 2.24) is 21.3 Å². The molecule has 0 aliphatic carbocycles. The first-order chi connectivity index (χ1) is 12.7. The third kappa shape index (κ3) is 5.50. The molecule has 8 heteroatoms. The number of rotatable bonds is 6. The zero-order chi connectivity index (χ0) is 18.2. The number of carbonyl (C=O) groups is 2. The first-order valence-corrected chi connectivity index (χ1v) is 9.00. The number of hydrogen-bond acceptors (Lipinski definition) is 6. The largest absolute Gasteiger partial charge is 0.366 e. The molecule has 3 rings (SSSR count). The molecule has 1 aromatic carbocycles. The molecular weight excluding hydrogens is 336 g/mol. The van der Waals surface area contributed by atoms with Gasteiger partial charge in [0, 0.05) is 39.3 Å². The molecule has 0 saturated carbocycles. The van der Waals surface area contributed by atoms with Gasteiger partial charge in [-0.15, -0.1) is 0 Å². The van der Waals surface area contributed by atoms with Crippen LogP contribution in [-0.4, -0.2) is 63.4 Å². The van der Waals surface area contributed by atoms with Crippen LogP contribution < -0.4 is 21.3 Å². The van der Waals surface area contributed by atoms with Crippen molar-refractivity contribution in [1.29, 1.82) is 0 Å². The highest BCUT2D eigenvalue weighted by Crippen LogP contribution is 2.06. The van der Waals surface area contributed by atoms with E-state index in [1.54, 1.807) is 0 Å². The fourth-order valence-corrected chi connectivity index (χ4v) is 2.85. The molecule has 0 spiro atoms. The van der Waals surface area contributed by atoms with Crippen molar-refractivity contribution in [2.75, 3.05) is 39.4 Å². The van der Waals surface area contributed by atoms with E-state index in [-0.39, 0.29) is 11.8 Å². The minimum absolute atomic E-state index is 0.102. The molecule has 2 aliphatic rings. The zero-order valence-electron chi connectivity index (χ0n) is 14.8. The first kappa shape index (κ1) is 18.8. The average molecular weight is 362 g/mol. The van der Waals surface area contributed by atoms with Gasteiger partial charge in [0.05, 0.1) is 13.2 Å². The normalized spacial score (nSPS) is 23.2. The van der Waals surface area contributed by atoms with Crippen LogP contribution in [0.25, 0.3) is 0 Å². The molecule has 2 amide bonds. The van der Waals surface area contributed by atoms with Gasteiger partial charge in [0.1, 0.15) is 12.2 Å². The summed E-state index contributed by atoms with van der Waals surface area (Å²) >= 11 is 0. The second-order valence-corrected chi connectivity index (χ2v) is 6.38. The number of benzene rings is 1. The molecule has 8 nitrogen and oxygen atoms in total. The fraction of sp³-hybridized carbons (Fsp3) is 0.556. The number of hydrogen-bond donors (Lipinski definition) is 4. The fourth-order valence-electron chi connectivity index (χ4n) is 2.85. The third-order valence-electron chi connectivity index (χ3n) is 4.40. The van der Waals surface area contributed by atoms with Crippen LogP contribution in [0.5, 0.6) is 0 Å². The summed E-state index contributed by atoms with van der Waals surface area (Å²) in [6.07, 6.45) is -0.843. The van der Waals surface area contributed by atoms with Crippen LogP contribution in [0.2, 0.25) is 0 Å². The lowest BCUT2D eigenvalue weighted by Gasteiger charge is -2.23. The second kappa shape index (κ2) is 9.63. The van der Waals surface area contributed by atoms with Crippen LogP contribution in [0.3, 0.4) is 0 Å². The SMILES string of the molecule is O=C(NCc1ccc(CNC(=O)[C@H]2CNCCO2)cc1)[C@H]1CNCCO1. The van der Waals surface area contributed by atoms with Gasteiger partial charge in [-0.2, -0.15) is 0 Å². The van der Waals surface area contributed by atoms with Gasteiger partial charge in [-0.1, -0.05) is 24.3 Å². The van der Waals surface area contributed by atoms with Crippen LogP contribution in [0.15, 0.2) is 24.3 Å². The maximum absolute atomic E-state index is 12.0. The van der Waals surface area contributed by atoms with E-state index in [4.69, 9.17) is 9.47 Å². The summed E-state index contributed by atoms with van der Waals surface area (Å²) in [5.41, 5.74) is 1.99. The van der Waals surface area contributed by atoms with Gasteiger partial charge in [-0.25, -0.2) is 0 Å². The molecular formula is C18H26N4O4. The summed E-state index contributed by atoms with van der Waals surface area (Å²) in [4.78, 5) is 24.1. The van der Waals surface area contributed by atoms with Crippen molar-refractivity contribution in [3.63, 3.8) is 0 Å². The minimum Gasteiger partial charge on any atom is -0.366 e. The van der Waals surface area contributed by atoms with E-state index < -0.39 is 12.2 Å². The van der Waals surface area contributed by atoms with Gasteiger partial charge in [0.25, 0.3) is 11.8 Å². The summed E-state index contributed by atoms with van der Waals surface area (Å²) in [7, 11) is 0. The maximum atomic E-state index is 12.0. The lowest BCUT2D eigenvalue weighted by molar-refractivity contribution is -0.135. The Bertz CT molecular complexity index is 543. The highest BCUT2D eigenvalue weighted by Gasteiger charge is 2.22. The predicted octanol–water partition coefficient (Wildman–Crippen LogP) is -1.10. The Morgan fingerprint density at radius 3 is 1.62 bits per heavy atom. The lowest BCUT2D eigenvalue weighted by Crippen LogP contribution is -2.47. The van der Waals surface area contributed by atoms with Gasteiger partial charge in [0.2, 0.25) is 0 Å². The number of ether oxygens (including phenoxy) is 2. The molecule has 2 atom stereocenters. The van der Waals surface area contributed by atoms with Gasteiger partial charge in [-0.05, 0) is 11.1 Å². The molecule has 142 valence electrons. The Hall–Kier alpha value is -2.00. The highest BCUT2D eigenvalue weighted by atomic mass is 16.5. The smallest absolute Gasteiger partial charge is 0.250 e. The minimum atomic E-state index is -0.422. The van der Waals surface area contributed by atoms with Crippen LogP contribution in [0.1, 0.15) is 11.1 Å². The van der Waals surface area contributed by atoms with E-state index in [1.807, 2.05) is 24.3 Å². The predicted molar refractivity (Wildman–Crippen MR) is 95.4 cm³/mol. The Labute approximate surface area is 153 Å². The molecule has 2 fully saturated rings. The summed E-state index contributed by atoms with van der Waals surface area (Å²) in [6.45, 7) is 4.67. The number of carbonyl (C=O) groups excluding carboxylic acids is 2. The molecule has 0 radical (unpaired) electrons. The monoisotopic (exact) mass is 362 g/mol. The standard InChI is InChI=1S/C18H26N4O4/c23-17(15-11-19-5-7-25-15)21-9-13-1-2-14(4-3-13)10-22-18(24)16-12-20-6-8-26-16/h1-4,15-16,19-20H,5-12H2,(H,21,23)(H,22,24)/t15-,16-/m1/s1. The maximum Gasteiger partial charge on any atom is 0.250 e. The summed E-state index contributed by atoms with van der Waals surface area (Å²) in [6, 6.07) is 7.78. The molecule has 4 N–H and O–H groups in total. The number of morpholine rings is 2. The Morgan fingerprint density at radius 1 is 0.846 bits per heavy atom. The molecule has 0 bridgehead atoms. The average Bonchev–Trinajstić information content (AvgIpc) is 2.72. The molecule has 0 aromatic heterocycles. The van der Waals surface area contributed by atoms with Crippen LogP contribution >= 0.6 is 0 Å². The zero-order valence-corrected chi connectivity index (χ0v) is 14.8. The van der Waals surface area contributed by atoms with Crippen molar-refractivity contribution in [3.05, 3.63) is 35.4 Å². The topological polar surface area (TPSA) is 101 Å². The Morgan fingerprint density at radius 2 is 1.27 bits per heavy atom. The molecule has 2 saturated heterocycles. The molecule has 0 unspecified atom stereocenters. The molecule has 2 aliphatic heterocycles. The molecule has 26 heavy (non-hydrogen) atoms. The van der Waals surface area contributed by atoms with Crippen LogP contribution in [0.4, 0.5) is 0 Å². The van der Waals surface area contributed by atoms with Crippen LogP contribution in [-0.2, 0) is 32.2 Å². The van der Waals surface area contributed by atoms with E-state index in [2.05, 4.69) is 21.3 Å². The highest BCUT2D eigenvalue weighted by molar-refractivity contribution is 5.81. The Balaban J connectivity index is 1.40. The Kier molecular flexibility index (Phi) is 6.96. The van der Waals surface area contributed by atoms with Gasteiger partial charge in [-0.3, -0.25) is 9.59 Å². The van der Waals surface area contributed by atoms with Gasteiger partial charge in [0.15, 0.2) is 0 Å².